The zero-order chi connectivity index (χ0) is 19.2. The lowest BCUT2D eigenvalue weighted by atomic mass is 10.0. The largest absolute Gasteiger partial charge is 0.326 e. The molecule has 2 atom stereocenters. The number of benzene rings is 3. The van der Waals surface area contributed by atoms with Gasteiger partial charge in [0.1, 0.15) is 11.9 Å². The summed E-state index contributed by atoms with van der Waals surface area (Å²) in [5.74, 6) is -0.504. The summed E-state index contributed by atoms with van der Waals surface area (Å²) < 4.78 is 13.1. The Labute approximate surface area is 163 Å². The monoisotopic (exact) mass is 383 g/mol. The summed E-state index contributed by atoms with van der Waals surface area (Å²) in [4.78, 5) is 13.0. The molecule has 3 nitrogen and oxygen atoms in total. The highest BCUT2D eigenvalue weighted by Gasteiger charge is 2.27. The first kappa shape index (κ1) is 19.1. The highest BCUT2D eigenvalue weighted by molar-refractivity contribution is 6.30. The normalized spacial score (nSPS) is 13.0. The van der Waals surface area contributed by atoms with E-state index in [4.69, 9.17) is 11.6 Å². The van der Waals surface area contributed by atoms with Crippen LogP contribution in [0.3, 0.4) is 0 Å². The first-order valence-corrected chi connectivity index (χ1v) is 9.12. The maximum atomic E-state index is 13.1. The van der Waals surface area contributed by atoms with Gasteiger partial charge in [-0.05, 0) is 43.3 Å². The van der Waals surface area contributed by atoms with Crippen LogP contribution in [0.1, 0.15) is 30.1 Å². The zero-order valence-corrected chi connectivity index (χ0v) is 15.7. The third-order valence-corrected chi connectivity index (χ3v) is 4.64. The number of anilines is 1. The van der Waals surface area contributed by atoms with E-state index in [-0.39, 0.29) is 17.8 Å². The van der Waals surface area contributed by atoms with Gasteiger partial charge in [-0.1, -0.05) is 54.1 Å². The van der Waals surface area contributed by atoms with Gasteiger partial charge in [-0.15, -0.1) is 0 Å². The second-order valence-corrected chi connectivity index (χ2v) is 6.86. The average Bonchev–Trinajstić information content (AvgIpc) is 2.68. The summed E-state index contributed by atoms with van der Waals surface area (Å²) in [7, 11) is 0. The molecule has 0 aliphatic carbocycles. The van der Waals surface area contributed by atoms with Gasteiger partial charge in [-0.25, -0.2) is 4.39 Å². The molecular weight excluding hydrogens is 363 g/mol. The highest BCUT2D eigenvalue weighted by atomic mass is 35.5. The van der Waals surface area contributed by atoms with E-state index in [1.807, 2.05) is 66.8 Å². The van der Waals surface area contributed by atoms with Crippen molar-refractivity contribution in [3.63, 3.8) is 0 Å². The lowest BCUT2D eigenvalue weighted by Crippen LogP contribution is -2.87. The van der Waals surface area contributed by atoms with Crippen molar-refractivity contribution in [1.29, 1.82) is 0 Å². The number of hydrogen-bond acceptors (Lipinski definition) is 1. The Kier molecular flexibility index (Phi) is 6.22. The van der Waals surface area contributed by atoms with Crippen LogP contribution in [-0.4, -0.2) is 5.91 Å². The summed E-state index contributed by atoms with van der Waals surface area (Å²) in [6.45, 7) is 2.03. The van der Waals surface area contributed by atoms with E-state index < -0.39 is 6.04 Å². The number of hydrogen-bond donors (Lipinski definition) is 2. The van der Waals surface area contributed by atoms with Crippen LogP contribution in [0.25, 0.3) is 0 Å². The highest BCUT2D eigenvalue weighted by Crippen LogP contribution is 2.18. The number of quaternary nitrogens is 1. The molecule has 0 saturated carbocycles. The van der Waals surface area contributed by atoms with Crippen molar-refractivity contribution in [2.45, 2.75) is 19.0 Å². The molecule has 1 amide bonds. The molecule has 3 aromatic rings. The van der Waals surface area contributed by atoms with Crippen LogP contribution in [0.4, 0.5) is 10.1 Å². The lowest BCUT2D eigenvalue weighted by molar-refractivity contribution is -0.718. The summed E-state index contributed by atoms with van der Waals surface area (Å²) in [5.41, 5.74) is 2.50. The number of nitrogens with two attached hydrogens (primary N) is 1. The van der Waals surface area contributed by atoms with Crippen LogP contribution in [0, 0.1) is 5.82 Å². The van der Waals surface area contributed by atoms with Crippen LogP contribution >= 0.6 is 11.6 Å². The van der Waals surface area contributed by atoms with Crippen LogP contribution < -0.4 is 10.6 Å². The molecule has 0 bridgehead atoms. The fraction of sp³-hybridized carbons (Fsp3) is 0.136. The summed E-state index contributed by atoms with van der Waals surface area (Å²) >= 11 is 6.10. The SMILES string of the molecule is C[C@@H]([NH2+][C@@H](C(=O)Nc1ccc(F)cc1)c1ccccc1)c1cccc(Cl)c1. The van der Waals surface area contributed by atoms with E-state index in [0.29, 0.717) is 10.7 Å². The zero-order valence-electron chi connectivity index (χ0n) is 14.9. The predicted molar refractivity (Wildman–Crippen MR) is 106 cm³/mol. The molecular formula is C22H21ClFN2O+. The van der Waals surface area contributed by atoms with E-state index in [0.717, 1.165) is 11.1 Å². The van der Waals surface area contributed by atoms with Gasteiger partial charge in [0.2, 0.25) is 0 Å². The Morgan fingerprint density at radius 3 is 2.30 bits per heavy atom. The molecule has 0 spiro atoms. The van der Waals surface area contributed by atoms with Crippen LogP contribution in [-0.2, 0) is 4.79 Å². The average molecular weight is 384 g/mol. The first-order valence-electron chi connectivity index (χ1n) is 8.75. The lowest BCUT2D eigenvalue weighted by Gasteiger charge is -2.20. The standard InChI is InChI=1S/C22H20ClFN2O/c1-15(17-8-5-9-18(23)14-17)25-21(16-6-3-2-4-7-16)22(27)26-20-12-10-19(24)11-13-20/h2-15,21,25H,1H3,(H,26,27)/p+1/t15-,21-/m1/s1. The van der Waals surface area contributed by atoms with Crippen LogP contribution in [0.5, 0.6) is 0 Å². The summed E-state index contributed by atoms with van der Waals surface area (Å²) in [5, 5.41) is 5.54. The smallest absolute Gasteiger partial charge is 0.287 e. The van der Waals surface area contributed by atoms with E-state index >= 15 is 0 Å². The molecule has 0 fully saturated rings. The predicted octanol–water partition coefficient (Wildman–Crippen LogP) is 4.48. The van der Waals surface area contributed by atoms with Gasteiger partial charge in [-0.2, -0.15) is 0 Å². The Balaban J connectivity index is 1.82. The Hall–Kier alpha value is -2.69. The van der Waals surface area contributed by atoms with Gasteiger partial charge >= 0.3 is 0 Å². The molecule has 0 unspecified atom stereocenters. The third kappa shape index (κ3) is 5.16. The van der Waals surface area contributed by atoms with E-state index in [1.54, 1.807) is 12.1 Å². The van der Waals surface area contributed by atoms with E-state index in [9.17, 15) is 9.18 Å². The minimum absolute atomic E-state index is 0.0212. The summed E-state index contributed by atoms with van der Waals surface area (Å²) in [6.07, 6.45) is 0. The molecule has 27 heavy (non-hydrogen) atoms. The number of carbonyl (C=O) groups is 1. The maximum Gasteiger partial charge on any atom is 0.287 e. The molecule has 3 rings (SSSR count). The number of halogens is 2. The van der Waals surface area contributed by atoms with Gasteiger partial charge in [0.25, 0.3) is 5.91 Å². The maximum absolute atomic E-state index is 13.1. The van der Waals surface area contributed by atoms with Crippen molar-refractivity contribution in [3.8, 4) is 0 Å². The van der Waals surface area contributed by atoms with Gasteiger partial charge < -0.3 is 10.6 Å². The Bertz CT molecular complexity index is 900. The van der Waals surface area contributed by atoms with Gasteiger partial charge in [-0.3, -0.25) is 4.79 Å². The second kappa shape index (κ2) is 8.80. The van der Waals surface area contributed by atoms with Crippen molar-refractivity contribution in [2.24, 2.45) is 0 Å². The van der Waals surface area contributed by atoms with Gasteiger partial charge in [0.15, 0.2) is 6.04 Å². The molecule has 0 saturated heterocycles. The minimum atomic E-state index is -0.453. The summed E-state index contributed by atoms with van der Waals surface area (Å²) in [6, 6.07) is 22.5. The fourth-order valence-electron chi connectivity index (χ4n) is 2.95. The van der Waals surface area contributed by atoms with E-state index in [1.165, 1.54) is 12.1 Å². The Morgan fingerprint density at radius 2 is 1.63 bits per heavy atom. The molecule has 0 aromatic heterocycles. The van der Waals surface area contributed by atoms with Gasteiger partial charge in [0.05, 0.1) is 0 Å². The number of rotatable bonds is 6. The van der Waals surface area contributed by atoms with Crippen molar-refractivity contribution >= 4 is 23.2 Å². The van der Waals surface area contributed by atoms with Crippen molar-refractivity contribution in [1.82, 2.24) is 0 Å². The molecule has 0 heterocycles. The molecule has 0 radical (unpaired) electrons. The molecule has 3 aromatic carbocycles. The molecule has 0 aliphatic rings. The fourth-order valence-corrected chi connectivity index (χ4v) is 3.15. The molecule has 3 N–H and O–H groups in total. The van der Waals surface area contributed by atoms with Crippen LogP contribution in [0.2, 0.25) is 5.02 Å². The Morgan fingerprint density at radius 1 is 0.963 bits per heavy atom. The van der Waals surface area contributed by atoms with Gasteiger partial charge in [0, 0.05) is 21.8 Å². The molecule has 138 valence electrons. The van der Waals surface area contributed by atoms with Crippen LogP contribution in [0.15, 0.2) is 78.9 Å². The van der Waals surface area contributed by atoms with Crippen molar-refractivity contribution < 1.29 is 14.5 Å². The first-order chi connectivity index (χ1) is 13.0. The second-order valence-electron chi connectivity index (χ2n) is 6.42. The number of nitrogens with one attached hydrogen (secondary N) is 1. The topological polar surface area (TPSA) is 45.7 Å². The third-order valence-electron chi connectivity index (χ3n) is 4.41. The molecule has 5 heteroatoms. The van der Waals surface area contributed by atoms with Crippen molar-refractivity contribution in [2.75, 3.05) is 5.32 Å². The van der Waals surface area contributed by atoms with E-state index in [2.05, 4.69) is 5.32 Å². The number of carbonyl (C=O) groups excluding carboxylic acids is 1. The number of amides is 1. The minimum Gasteiger partial charge on any atom is -0.326 e. The quantitative estimate of drug-likeness (QED) is 0.647. The van der Waals surface area contributed by atoms with Crippen molar-refractivity contribution in [3.05, 3.63) is 101 Å². The molecule has 0 aliphatic heterocycles.